The molecule has 0 spiro atoms. The molecular weight excluding hydrogens is 322 g/mol. The lowest BCUT2D eigenvalue weighted by Crippen LogP contribution is -2.29. The highest BCUT2D eigenvalue weighted by atomic mass is 16.5. The minimum absolute atomic E-state index is 0.320. The van der Waals surface area contributed by atoms with Crippen molar-refractivity contribution in [3.63, 3.8) is 0 Å². The van der Waals surface area contributed by atoms with Crippen LogP contribution in [0, 0.1) is 0 Å². The molecule has 2 rings (SSSR count). The van der Waals surface area contributed by atoms with E-state index in [4.69, 9.17) is 9.84 Å². The highest BCUT2D eigenvalue weighted by Gasteiger charge is 2.07. The Kier molecular flexibility index (Phi) is 6.83. The maximum absolute atomic E-state index is 11.7. The molecule has 0 aromatic heterocycles. The van der Waals surface area contributed by atoms with E-state index in [0.29, 0.717) is 23.7 Å². The standard InChI is InChI=1S/C19H21NO5/c21-17-7-2-1-5-14(17)6-3-4-12-25-16-10-8-15(9-11-16)19(24)20-13-18(22)23/h1-2,5,7-11,21H,3-4,6,12-13H2,(H,20,24)(H,22,23). The summed E-state index contributed by atoms with van der Waals surface area (Å²) in [6.45, 7) is 0.131. The van der Waals surface area contributed by atoms with Gasteiger partial charge in [0.2, 0.25) is 0 Å². The number of aromatic hydroxyl groups is 1. The lowest BCUT2D eigenvalue weighted by Gasteiger charge is -2.08. The number of carboxylic acid groups (broad SMARTS) is 1. The van der Waals surface area contributed by atoms with Crippen molar-refractivity contribution in [2.75, 3.05) is 13.2 Å². The summed E-state index contributed by atoms with van der Waals surface area (Å²) in [6.07, 6.45) is 2.53. The molecule has 0 saturated heterocycles. The fourth-order valence-electron chi connectivity index (χ4n) is 2.29. The molecule has 2 aromatic rings. The molecule has 6 nitrogen and oxygen atoms in total. The maximum atomic E-state index is 11.7. The molecular formula is C19H21NO5. The zero-order valence-electron chi connectivity index (χ0n) is 13.8. The van der Waals surface area contributed by atoms with E-state index in [-0.39, 0.29) is 0 Å². The molecule has 0 atom stereocenters. The van der Waals surface area contributed by atoms with Gasteiger partial charge in [0.1, 0.15) is 18.0 Å². The van der Waals surface area contributed by atoms with Gasteiger partial charge in [-0.2, -0.15) is 0 Å². The average molecular weight is 343 g/mol. The number of phenolic OH excluding ortho intramolecular Hbond substituents is 1. The van der Waals surface area contributed by atoms with Gasteiger partial charge in [0, 0.05) is 5.56 Å². The second-order valence-electron chi connectivity index (χ2n) is 5.54. The smallest absolute Gasteiger partial charge is 0.322 e. The Morgan fingerprint density at radius 3 is 2.40 bits per heavy atom. The number of aryl methyl sites for hydroxylation is 1. The van der Waals surface area contributed by atoms with Crippen LogP contribution >= 0.6 is 0 Å². The molecule has 6 heteroatoms. The van der Waals surface area contributed by atoms with Gasteiger partial charge < -0.3 is 20.3 Å². The van der Waals surface area contributed by atoms with Crippen LogP contribution in [0.15, 0.2) is 48.5 Å². The fraction of sp³-hybridized carbons (Fsp3) is 0.263. The number of hydrogen-bond donors (Lipinski definition) is 3. The van der Waals surface area contributed by atoms with Gasteiger partial charge in [-0.25, -0.2) is 0 Å². The first kappa shape index (κ1) is 18.3. The molecule has 3 N–H and O–H groups in total. The number of ether oxygens (including phenoxy) is 1. The number of phenols is 1. The van der Waals surface area contributed by atoms with Crippen molar-refractivity contribution in [3.05, 3.63) is 59.7 Å². The molecule has 0 radical (unpaired) electrons. The second-order valence-corrected chi connectivity index (χ2v) is 5.54. The number of carbonyl (C=O) groups is 2. The van der Waals surface area contributed by atoms with Crippen molar-refractivity contribution in [2.24, 2.45) is 0 Å². The Hall–Kier alpha value is -3.02. The summed E-state index contributed by atoms with van der Waals surface area (Å²) in [4.78, 5) is 22.1. The Balaban J connectivity index is 1.70. The SMILES string of the molecule is O=C(O)CNC(=O)c1ccc(OCCCCc2ccccc2O)cc1. The Morgan fingerprint density at radius 2 is 1.72 bits per heavy atom. The van der Waals surface area contributed by atoms with E-state index in [1.54, 1.807) is 36.4 Å². The van der Waals surface area contributed by atoms with Crippen molar-refractivity contribution in [2.45, 2.75) is 19.3 Å². The second kappa shape index (κ2) is 9.32. The zero-order valence-corrected chi connectivity index (χ0v) is 13.8. The zero-order chi connectivity index (χ0) is 18.1. The van der Waals surface area contributed by atoms with E-state index >= 15 is 0 Å². The Morgan fingerprint density at radius 1 is 1.00 bits per heavy atom. The number of benzene rings is 2. The van der Waals surface area contributed by atoms with Crippen LogP contribution < -0.4 is 10.1 Å². The largest absolute Gasteiger partial charge is 0.508 e. The maximum Gasteiger partial charge on any atom is 0.322 e. The Labute approximate surface area is 146 Å². The van der Waals surface area contributed by atoms with E-state index in [0.717, 1.165) is 24.8 Å². The summed E-state index contributed by atoms with van der Waals surface area (Å²) in [5.74, 6) is -0.550. The molecule has 132 valence electrons. The van der Waals surface area contributed by atoms with Gasteiger partial charge in [0.15, 0.2) is 0 Å². The topological polar surface area (TPSA) is 95.9 Å². The van der Waals surface area contributed by atoms with Crippen molar-refractivity contribution in [1.29, 1.82) is 0 Å². The summed E-state index contributed by atoms with van der Waals surface area (Å²) in [5.41, 5.74) is 1.31. The normalized spacial score (nSPS) is 10.2. The summed E-state index contributed by atoms with van der Waals surface area (Å²) in [5, 5.41) is 20.5. The number of nitrogens with one attached hydrogen (secondary N) is 1. The number of carbonyl (C=O) groups excluding carboxylic acids is 1. The molecule has 0 aliphatic rings. The number of para-hydroxylation sites is 1. The van der Waals surface area contributed by atoms with Crippen LogP contribution in [0.25, 0.3) is 0 Å². The van der Waals surface area contributed by atoms with Crippen LogP contribution in [0.4, 0.5) is 0 Å². The number of rotatable bonds is 9. The highest BCUT2D eigenvalue weighted by Crippen LogP contribution is 2.18. The van der Waals surface area contributed by atoms with E-state index in [1.807, 2.05) is 12.1 Å². The van der Waals surface area contributed by atoms with Gasteiger partial charge in [-0.15, -0.1) is 0 Å². The van der Waals surface area contributed by atoms with Crippen molar-refractivity contribution < 1.29 is 24.5 Å². The predicted octanol–water partition coefficient (Wildman–Crippen LogP) is 2.61. The predicted molar refractivity (Wildman–Crippen MR) is 93.0 cm³/mol. The van der Waals surface area contributed by atoms with Crippen molar-refractivity contribution >= 4 is 11.9 Å². The molecule has 0 aliphatic heterocycles. The molecule has 0 aliphatic carbocycles. The van der Waals surface area contributed by atoms with Crippen molar-refractivity contribution in [1.82, 2.24) is 5.32 Å². The first-order chi connectivity index (χ1) is 12.1. The molecule has 0 bridgehead atoms. The summed E-state index contributed by atoms with van der Waals surface area (Å²) in [6, 6.07) is 13.8. The van der Waals surface area contributed by atoms with Crippen LogP contribution in [0.2, 0.25) is 0 Å². The first-order valence-corrected chi connectivity index (χ1v) is 8.06. The fourth-order valence-corrected chi connectivity index (χ4v) is 2.29. The molecule has 0 saturated carbocycles. The third-order valence-electron chi connectivity index (χ3n) is 3.62. The third kappa shape index (κ3) is 6.18. The molecule has 1 amide bonds. The highest BCUT2D eigenvalue weighted by molar-refractivity contribution is 5.95. The quantitative estimate of drug-likeness (QED) is 0.608. The number of amides is 1. The summed E-state index contributed by atoms with van der Waals surface area (Å²) < 4.78 is 5.62. The Bertz CT molecular complexity index is 712. The van der Waals surface area contributed by atoms with Gasteiger partial charge >= 0.3 is 5.97 Å². The minimum Gasteiger partial charge on any atom is -0.508 e. The van der Waals surface area contributed by atoms with Gasteiger partial charge in [0.25, 0.3) is 5.91 Å². The first-order valence-electron chi connectivity index (χ1n) is 8.06. The van der Waals surface area contributed by atoms with Crippen LogP contribution in [0.5, 0.6) is 11.5 Å². The third-order valence-corrected chi connectivity index (χ3v) is 3.62. The van der Waals surface area contributed by atoms with Gasteiger partial charge in [-0.3, -0.25) is 9.59 Å². The summed E-state index contributed by atoms with van der Waals surface area (Å²) in [7, 11) is 0. The van der Waals surface area contributed by atoms with Gasteiger partial charge in [-0.1, -0.05) is 18.2 Å². The van der Waals surface area contributed by atoms with Gasteiger partial charge in [0.05, 0.1) is 6.61 Å². The lowest BCUT2D eigenvalue weighted by molar-refractivity contribution is -0.135. The lowest BCUT2D eigenvalue weighted by atomic mass is 10.1. The van der Waals surface area contributed by atoms with Gasteiger partial charge in [-0.05, 0) is 55.2 Å². The van der Waals surface area contributed by atoms with E-state index in [9.17, 15) is 14.7 Å². The van der Waals surface area contributed by atoms with Crippen LogP contribution in [0.3, 0.4) is 0 Å². The number of carboxylic acids is 1. The van der Waals surface area contributed by atoms with E-state index < -0.39 is 18.4 Å². The number of unbranched alkanes of at least 4 members (excludes halogenated alkanes) is 1. The van der Waals surface area contributed by atoms with Crippen LogP contribution in [-0.4, -0.2) is 35.2 Å². The van der Waals surface area contributed by atoms with Crippen molar-refractivity contribution in [3.8, 4) is 11.5 Å². The molecule has 2 aromatic carbocycles. The molecule has 0 fully saturated rings. The minimum atomic E-state index is -1.09. The molecule has 0 unspecified atom stereocenters. The monoisotopic (exact) mass is 343 g/mol. The average Bonchev–Trinajstić information content (AvgIpc) is 2.61. The molecule has 0 heterocycles. The molecule has 25 heavy (non-hydrogen) atoms. The van der Waals surface area contributed by atoms with E-state index in [1.165, 1.54) is 0 Å². The van der Waals surface area contributed by atoms with Crippen LogP contribution in [0.1, 0.15) is 28.8 Å². The van der Waals surface area contributed by atoms with Crippen LogP contribution in [-0.2, 0) is 11.2 Å². The number of aliphatic carboxylic acids is 1. The number of hydrogen-bond acceptors (Lipinski definition) is 4. The van der Waals surface area contributed by atoms with E-state index in [2.05, 4.69) is 5.32 Å². The summed E-state index contributed by atoms with van der Waals surface area (Å²) >= 11 is 0.